The molecule has 9 heteroatoms. The fraction of sp³-hybridized carbons (Fsp3) is 0.611. The molecule has 2 unspecified atom stereocenters. The van der Waals surface area contributed by atoms with Crippen LogP contribution in [0.15, 0.2) is 24.3 Å². The number of halogens is 3. The average Bonchev–Trinajstić information content (AvgIpc) is 2.65. The molecular formula is C18H25F3N2O4. The topological polar surface area (TPSA) is 85.0 Å². The fourth-order valence-corrected chi connectivity index (χ4v) is 3.00. The summed E-state index contributed by atoms with van der Waals surface area (Å²) in [6.07, 6.45) is -4.31. The Balaban J connectivity index is 1.86. The molecule has 1 aliphatic heterocycles. The van der Waals surface area contributed by atoms with Gasteiger partial charge in [-0.3, -0.25) is 4.79 Å². The van der Waals surface area contributed by atoms with Crippen LogP contribution >= 0.6 is 0 Å². The number of aliphatic hydroxyl groups is 1. The van der Waals surface area contributed by atoms with E-state index in [1.165, 1.54) is 30.1 Å². The van der Waals surface area contributed by atoms with Gasteiger partial charge in [0, 0.05) is 26.8 Å². The molecule has 0 saturated carbocycles. The molecule has 2 atom stereocenters. The number of alkyl halides is 3. The SMILES string of the molecule is CN(CC(O)COc1ccccc1C(F)(F)F)C(=O)C(N)C1CCOCC1. The lowest BCUT2D eigenvalue weighted by molar-refractivity contribution is -0.139. The van der Waals surface area contributed by atoms with Crippen molar-refractivity contribution >= 4 is 5.91 Å². The van der Waals surface area contributed by atoms with Gasteiger partial charge in [-0.2, -0.15) is 13.2 Å². The molecule has 1 aromatic rings. The quantitative estimate of drug-likeness (QED) is 0.740. The number of nitrogens with two attached hydrogens (primary N) is 1. The minimum Gasteiger partial charge on any atom is -0.490 e. The second-order valence-electron chi connectivity index (χ2n) is 6.65. The summed E-state index contributed by atoms with van der Waals surface area (Å²) in [6, 6.07) is 4.07. The van der Waals surface area contributed by atoms with Gasteiger partial charge in [0.15, 0.2) is 0 Å². The molecule has 1 aromatic carbocycles. The summed E-state index contributed by atoms with van der Waals surface area (Å²) in [5.41, 5.74) is 5.10. The Morgan fingerprint density at radius 1 is 1.37 bits per heavy atom. The summed E-state index contributed by atoms with van der Waals surface area (Å²) in [5.74, 6) is -0.672. The number of para-hydroxylation sites is 1. The van der Waals surface area contributed by atoms with Crippen LogP contribution in [-0.4, -0.2) is 61.5 Å². The molecule has 0 aliphatic carbocycles. The lowest BCUT2D eigenvalue weighted by Crippen LogP contribution is -2.49. The van der Waals surface area contributed by atoms with Gasteiger partial charge in [0.2, 0.25) is 5.91 Å². The Morgan fingerprint density at radius 2 is 2.00 bits per heavy atom. The van der Waals surface area contributed by atoms with Crippen molar-refractivity contribution in [3.05, 3.63) is 29.8 Å². The van der Waals surface area contributed by atoms with Crippen LogP contribution in [-0.2, 0) is 15.7 Å². The van der Waals surface area contributed by atoms with Crippen molar-refractivity contribution in [2.75, 3.05) is 33.4 Å². The molecule has 1 amide bonds. The molecule has 0 aromatic heterocycles. The first-order valence-corrected chi connectivity index (χ1v) is 8.75. The smallest absolute Gasteiger partial charge is 0.419 e. The van der Waals surface area contributed by atoms with Gasteiger partial charge in [-0.1, -0.05) is 12.1 Å². The minimum atomic E-state index is -4.55. The number of nitrogens with zero attached hydrogens (tertiary/aromatic N) is 1. The Hall–Kier alpha value is -1.84. The highest BCUT2D eigenvalue weighted by Gasteiger charge is 2.34. The highest BCUT2D eigenvalue weighted by Crippen LogP contribution is 2.35. The number of likely N-dealkylation sites (N-methyl/N-ethyl adjacent to an activating group) is 1. The number of hydrogen-bond acceptors (Lipinski definition) is 5. The van der Waals surface area contributed by atoms with Crippen LogP contribution in [0.2, 0.25) is 0 Å². The Labute approximate surface area is 156 Å². The van der Waals surface area contributed by atoms with E-state index in [0.29, 0.717) is 26.1 Å². The predicted molar refractivity (Wildman–Crippen MR) is 92.1 cm³/mol. The molecule has 0 radical (unpaired) electrons. The molecule has 0 bridgehead atoms. The Morgan fingerprint density at radius 3 is 2.63 bits per heavy atom. The summed E-state index contributed by atoms with van der Waals surface area (Å²) in [5, 5.41) is 10.1. The third-order valence-electron chi connectivity index (χ3n) is 4.54. The zero-order valence-corrected chi connectivity index (χ0v) is 15.1. The lowest BCUT2D eigenvalue weighted by atomic mass is 9.91. The molecular weight excluding hydrogens is 365 g/mol. The molecule has 6 nitrogen and oxygen atoms in total. The summed E-state index contributed by atoms with van der Waals surface area (Å²) in [4.78, 5) is 13.7. The molecule has 1 heterocycles. The molecule has 152 valence electrons. The number of benzene rings is 1. The minimum absolute atomic E-state index is 0.0146. The first kappa shape index (κ1) is 21.5. The zero-order valence-electron chi connectivity index (χ0n) is 15.1. The van der Waals surface area contributed by atoms with Crippen molar-refractivity contribution < 1.29 is 32.5 Å². The maximum Gasteiger partial charge on any atom is 0.419 e. The van der Waals surface area contributed by atoms with Gasteiger partial charge in [-0.05, 0) is 30.9 Å². The maximum absolute atomic E-state index is 12.9. The molecule has 1 saturated heterocycles. The van der Waals surface area contributed by atoms with Gasteiger partial charge >= 0.3 is 6.18 Å². The van der Waals surface area contributed by atoms with Gasteiger partial charge < -0.3 is 25.2 Å². The van der Waals surface area contributed by atoms with Crippen molar-refractivity contribution in [2.24, 2.45) is 11.7 Å². The van der Waals surface area contributed by atoms with Gasteiger partial charge in [-0.15, -0.1) is 0 Å². The molecule has 1 aliphatic rings. The molecule has 3 N–H and O–H groups in total. The molecule has 2 rings (SSSR count). The largest absolute Gasteiger partial charge is 0.490 e. The first-order valence-electron chi connectivity index (χ1n) is 8.75. The van der Waals surface area contributed by atoms with Gasteiger partial charge in [-0.25, -0.2) is 0 Å². The van der Waals surface area contributed by atoms with Crippen molar-refractivity contribution in [3.8, 4) is 5.75 Å². The zero-order chi connectivity index (χ0) is 20.0. The summed E-state index contributed by atoms with van der Waals surface area (Å²) in [6.45, 7) is 0.649. The van der Waals surface area contributed by atoms with Crippen LogP contribution in [0.1, 0.15) is 18.4 Å². The number of carbonyl (C=O) groups excluding carboxylic acids is 1. The van der Waals surface area contributed by atoms with E-state index in [-0.39, 0.29) is 30.7 Å². The molecule has 0 spiro atoms. The normalized spacial score (nSPS) is 18.0. The van der Waals surface area contributed by atoms with Crippen LogP contribution in [0.3, 0.4) is 0 Å². The number of aliphatic hydroxyl groups excluding tert-OH is 1. The van der Waals surface area contributed by atoms with Gasteiger partial charge in [0.1, 0.15) is 18.5 Å². The number of rotatable bonds is 7. The third kappa shape index (κ3) is 6.08. The summed E-state index contributed by atoms with van der Waals surface area (Å²) < 4.78 is 49.2. The van der Waals surface area contributed by atoms with Crippen LogP contribution in [0.4, 0.5) is 13.2 Å². The number of carbonyl (C=O) groups is 1. The molecule has 27 heavy (non-hydrogen) atoms. The van der Waals surface area contributed by atoms with Crippen molar-refractivity contribution in [3.63, 3.8) is 0 Å². The predicted octanol–water partition coefficient (Wildman–Crippen LogP) is 1.66. The highest BCUT2D eigenvalue weighted by atomic mass is 19.4. The average molecular weight is 390 g/mol. The fourth-order valence-electron chi connectivity index (χ4n) is 3.00. The number of hydrogen-bond donors (Lipinski definition) is 2. The monoisotopic (exact) mass is 390 g/mol. The van der Waals surface area contributed by atoms with E-state index >= 15 is 0 Å². The Kier molecular flexibility index (Phi) is 7.46. The van der Waals surface area contributed by atoms with Crippen LogP contribution in [0.25, 0.3) is 0 Å². The number of ether oxygens (including phenoxy) is 2. The van der Waals surface area contributed by atoms with Crippen molar-refractivity contribution in [1.82, 2.24) is 4.90 Å². The molecule has 1 fully saturated rings. The van der Waals surface area contributed by atoms with E-state index in [0.717, 1.165) is 6.07 Å². The second kappa shape index (κ2) is 9.38. The van der Waals surface area contributed by atoms with E-state index in [4.69, 9.17) is 15.2 Å². The summed E-state index contributed by atoms with van der Waals surface area (Å²) >= 11 is 0. The van der Waals surface area contributed by atoms with Crippen molar-refractivity contribution in [2.45, 2.75) is 31.2 Å². The van der Waals surface area contributed by atoms with Crippen LogP contribution in [0.5, 0.6) is 5.75 Å². The van der Waals surface area contributed by atoms with E-state index in [1.807, 2.05) is 0 Å². The van der Waals surface area contributed by atoms with Crippen LogP contribution < -0.4 is 10.5 Å². The van der Waals surface area contributed by atoms with Gasteiger partial charge in [0.25, 0.3) is 0 Å². The highest BCUT2D eigenvalue weighted by molar-refractivity contribution is 5.81. The van der Waals surface area contributed by atoms with Gasteiger partial charge in [0.05, 0.1) is 11.6 Å². The van der Waals surface area contributed by atoms with E-state index in [1.54, 1.807) is 0 Å². The maximum atomic E-state index is 12.9. The standard InChI is InChI=1S/C18H25F3N2O4/c1-23(17(25)16(22)12-6-8-26-9-7-12)10-13(24)11-27-15-5-3-2-4-14(15)18(19,20)21/h2-5,12-13,16,24H,6-11,22H2,1H3. The van der Waals surface area contributed by atoms with E-state index in [9.17, 15) is 23.1 Å². The summed E-state index contributed by atoms with van der Waals surface area (Å²) in [7, 11) is 1.49. The third-order valence-corrected chi connectivity index (χ3v) is 4.54. The Bertz CT molecular complexity index is 621. The van der Waals surface area contributed by atoms with E-state index in [2.05, 4.69) is 0 Å². The van der Waals surface area contributed by atoms with Crippen molar-refractivity contribution in [1.29, 1.82) is 0 Å². The lowest BCUT2D eigenvalue weighted by Gasteiger charge is -2.30. The number of amides is 1. The first-order chi connectivity index (χ1) is 12.7. The second-order valence-corrected chi connectivity index (χ2v) is 6.65. The van der Waals surface area contributed by atoms with E-state index < -0.39 is 23.9 Å². The van der Waals surface area contributed by atoms with Crippen LogP contribution in [0, 0.1) is 5.92 Å².